The maximum absolute atomic E-state index is 12.8. The van der Waals surface area contributed by atoms with Crippen molar-refractivity contribution in [2.75, 3.05) is 12.0 Å². The number of thioether (sulfide) groups is 1. The highest BCUT2D eigenvalue weighted by atomic mass is 32.2. The van der Waals surface area contributed by atoms with E-state index in [2.05, 4.69) is 16.0 Å². The number of rotatable bonds is 16. The summed E-state index contributed by atoms with van der Waals surface area (Å²) >= 11 is 1.42. The van der Waals surface area contributed by atoms with Gasteiger partial charge in [0.2, 0.25) is 29.5 Å². The molecule has 0 aliphatic rings. The van der Waals surface area contributed by atoms with Crippen molar-refractivity contribution in [2.24, 2.45) is 23.1 Å². The molecule has 0 rings (SSSR count). The van der Waals surface area contributed by atoms with Crippen LogP contribution in [0.2, 0.25) is 0 Å². The summed E-state index contributed by atoms with van der Waals surface area (Å²) in [6.07, 6.45) is 1.06. The van der Waals surface area contributed by atoms with Crippen LogP contribution in [0.1, 0.15) is 39.5 Å². The summed E-state index contributed by atoms with van der Waals surface area (Å²) in [5.74, 6) is -5.06. The van der Waals surface area contributed by atoms with Crippen LogP contribution in [0, 0.1) is 5.92 Å². The lowest BCUT2D eigenvalue weighted by Gasteiger charge is -2.25. The molecule has 0 heterocycles. The van der Waals surface area contributed by atoms with E-state index in [1.54, 1.807) is 20.1 Å². The van der Waals surface area contributed by atoms with E-state index in [0.717, 1.165) is 0 Å². The Morgan fingerprint density at radius 3 is 1.76 bits per heavy atom. The number of amides is 5. The predicted octanol–water partition coefficient (Wildman–Crippen LogP) is -2.60. The Kier molecular flexibility index (Phi) is 13.7. The van der Waals surface area contributed by atoms with E-state index >= 15 is 0 Å². The second-order valence-corrected chi connectivity index (χ2v) is 8.87. The number of hydrogen-bond donors (Lipinski definition) is 7. The Morgan fingerprint density at radius 1 is 0.818 bits per heavy atom. The van der Waals surface area contributed by atoms with Crippen molar-refractivity contribution in [1.29, 1.82) is 0 Å². The van der Waals surface area contributed by atoms with Crippen LogP contribution in [0.25, 0.3) is 0 Å². The molecule has 0 bridgehead atoms. The van der Waals surface area contributed by atoms with Crippen molar-refractivity contribution in [1.82, 2.24) is 16.0 Å². The molecule has 33 heavy (non-hydrogen) atoms. The molecule has 14 heteroatoms. The normalized spacial score (nSPS) is 14.5. The number of nitrogens with one attached hydrogen (secondary N) is 3. The topological polar surface area (TPSA) is 237 Å². The van der Waals surface area contributed by atoms with Gasteiger partial charge in [0.05, 0.1) is 18.9 Å². The average Bonchev–Trinajstić information content (AvgIpc) is 2.68. The van der Waals surface area contributed by atoms with Crippen molar-refractivity contribution in [3.63, 3.8) is 0 Å². The summed E-state index contributed by atoms with van der Waals surface area (Å²) < 4.78 is 0. The fourth-order valence-electron chi connectivity index (χ4n) is 2.74. The van der Waals surface area contributed by atoms with Gasteiger partial charge in [-0.05, 0) is 30.8 Å². The lowest BCUT2D eigenvalue weighted by molar-refractivity contribution is -0.142. The molecule has 0 aromatic heterocycles. The fraction of sp³-hybridized carbons (Fsp3) is 0.684. The zero-order valence-corrected chi connectivity index (χ0v) is 19.8. The molecule has 0 saturated heterocycles. The summed E-state index contributed by atoms with van der Waals surface area (Å²) in [4.78, 5) is 71.5. The molecular weight excluding hydrogens is 456 g/mol. The first kappa shape index (κ1) is 30.1. The van der Waals surface area contributed by atoms with Crippen molar-refractivity contribution < 1.29 is 33.9 Å². The molecule has 4 atom stereocenters. The van der Waals surface area contributed by atoms with Crippen LogP contribution >= 0.6 is 11.8 Å². The number of carbonyl (C=O) groups excluding carboxylic acids is 5. The molecule has 0 aliphatic heterocycles. The summed E-state index contributed by atoms with van der Waals surface area (Å²) in [7, 11) is 0. The van der Waals surface area contributed by atoms with Crippen LogP contribution in [0.5, 0.6) is 0 Å². The van der Waals surface area contributed by atoms with E-state index in [1.165, 1.54) is 11.8 Å². The molecule has 188 valence electrons. The molecule has 0 aromatic carbocycles. The molecule has 13 nitrogen and oxygen atoms in total. The number of hydrogen-bond acceptors (Lipinski definition) is 8. The first-order chi connectivity index (χ1) is 15.3. The minimum Gasteiger partial charge on any atom is -0.480 e. The maximum atomic E-state index is 12.8. The molecule has 0 spiro atoms. The third-order valence-corrected chi connectivity index (χ3v) is 5.01. The van der Waals surface area contributed by atoms with Crippen LogP contribution < -0.4 is 33.2 Å². The lowest BCUT2D eigenvalue weighted by atomic mass is 10.0. The van der Waals surface area contributed by atoms with E-state index in [0.29, 0.717) is 5.75 Å². The van der Waals surface area contributed by atoms with Gasteiger partial charge < -0.3 is 38.3 Å². The van der Waals surface area contributed by atoms with Gasteiger partial charge in [-0.2, -0.15) is 11.8 Å². The Hall–Kier alpha value is -2.87. The van der Waals surface area contributed by atoms with Gasteiger partial charge in [0.25, 0.3) is 0 Å². The van der Waals surface area contributed by atoms with Crippen LogP contribution in [-0.4, -0.2) is 76.8 Å². The van der Waals surface area contributed by atoms with Crippen LogP contribution in [0.3, 0.4) is 0 Å². The van der Waals surface area contributed by atoms with Gasteiger partial charge >= 0.3 is 5.97 Å². The molecule has 0 aromatic rings. The van der Waals surface area contributed by atoms with E-state index < -0.39 is 72.5 Å². The van der Waals surface area contributed by atoms with Gasteiger partial charge in [0.15, 0.2) is 0 Å². The highest BCUT2D eigenvalue weighted by Crippen LogP contribution is 2.08. The molecule has 0 radical (unpaired) electrons. The van der Waals surface area contributed by atoms with E-state index in [1.807, 2.05) is 0 Å². The molecular formula is C19H34N6O7S. The first-order valence-electron chi connectivity index (χ1n) is 10.2. The number of carbonyl (C=O) groups is 6. The Balaban J connectivity index is 5.49. The van der Waals surface area contributed by atoms with E-state index in [-0.39, 0.29) is 18.8 Å². The first-order valence-corrected chi connectivity index (χ1v) is 11.6. The van der Waals surface area contributed by atoms with Crippen molar-refractivity contribution in [2.45, 2.75) is 63.7 Å². The van der Waals surface area contributed by atoms with Gasteiger partial charge in [-0.3, -0.25) is 24.0 Å². The summed E-state index contributed by atoms with van der Waals surface area (Å²) in [5.41, 5.74) is 15.7. The van der Waals surface area contributed by atoms with Crippen molar-refractivity contribution >= 4 is 47.3 Å². The second kappa shape index (κ2) is 15.1. The lowest BCUT2D eigenvalue weighted by Crippen LogP contribution is -2.58. The molecule has 0 aliphatic carbocycles. The monoisotopic (exact) mass is 490 g/mol. The van der Waals surface area contributed by atoms with Gasteiger partial charge in [0, 0.05) is 0 Å². The number of primary amides is 2. The predicted molar refractivity (Wildman–Crippen MR) is 121 cm³/mol. The molecule has 10 N–H and O–H groups in total. The minimum atomic E-state index is -1.47. The van der Waals surface area contributed by atoms with Gasteiger partial charge in [-0.15, -0.1) is 0 Å². The van der Waals surface area contributed by atoms with Crippen molar-refractivity contribution in [3.8, 4) is 0 Å². The van der Waals surface area contributed by atoms with E-state index in [4.69, 9.17) is 17.2 Å². The Labute approximate surface area is 196 Å². The average molecular weight is 491 g/mol. The van der Waals surface area contributed by atoms with Crippen LogP contribution in [0.15, 0.2) is 0 Å². The summed E-state index contributed by atoms with van der Waals surface area (Å²) in [6.45, 7) is 3.58. The zero-order valence-electron chi connectivity index (χ0n) is 19.0. The zero-order chi connectivity index (χ0) is 25.7. The van der Waals surface area contributed by atoms with E-state index in [9.17, 15) is 33.9 Å². The third-order valence-electron chi connectivity index (χ3n) is 4.36. The van der Waals surface area contributed by atoms with Gasteiger partial charge in [-0.25, -0.2) is 4.79 Å². The van der Waals surface area contributed by atoms with Crippen molar-refractivity contribution in [3.05, 3.63) is 0 Å². The number of aliphatic carboxylic acids is 1. The maximum Gasteiger partial charge on any atom is 0.326 e. The Bertz CT molecular complexity index is 733. The number of nitrogens with two attached hydrogens (primary N) is 3. The smallest absolute Gasteiger partial charge is 0.326 e. The largest absolute Gasteiger partial charge is 0.480 e. The van der Waals surface area contributed by atoms with Crippen LogP contribution in [-0.2, 0) is 28.8 Å². The van der Waals surface area contributed by atoms with Crippen LogP contribution in [0.4, 0.5) is 0 Å². The highest BCUT2D eigenvalue weighted by molar-refractivity contribution is 7.98. The summed E-state index contributed by atoms with van der Waals surface area (Å²) in [5, 5.41) is 16.4. The quantitative estimate of drug-likeness (QED) is 0.120. The number of carboxylic acid groups (broad SMARTS) is 1. The van der Waals surface area contributed by atoms with Gasteiger partial charge in [0.1, 0.15) is 18.1 Å². The third kappa shape index (κ3) is 12.7. The summed E-state index contributed by atoms with van der Waals surface area (Å²) in [6, 6.07) is -5.11. The molecule has 0 fully saturated rings. The minimum absolute atomic E-state index is 0.0660. The molecule has 0 saturated carbocycles. The number of carboxylic acids is 1. The molecule has 4 unspecified atom stereocenters. The second-order valence-electron chi connectivity index (χ2n) is 7.88. The SMILES string of the molecule is CSCCC(NC(=O)C(CC(C)C)NC(=O)C(CC(N)=O)NC(=O)C(N)CC(N)=O)C(=O)O. The fourth-order valence-corrected chi connectivity index (χ4v) is 3.21. The Morgan fingerprint density at radius 2 is 1.30 bits per heavy atom. The standard InChI is InChI=1S/C19H34N6O7S/c1-9(2)6-12(17(29)23-11(19(31)32)4-5-33-3)25-18(30)13(8-15(22)27)24-16(28)10(20)7-14(21)26/h9-13H,4-8,20H2,1-3H3,(H2,21,26)(H2,22,27)(H,23,29)(H,24,28)(H,25,30)(H,31,32). The highest BCUT2D eigenvalue weighted by Gasteiger charge is 2.31. The molecule has 5 amide bonds. The van der Waals surface area contributed by atoms with Gasteiger partial charge in [-0.1, -0.05) is 13.8 Å².